The lowest BCUT2D eigenvalue weighted by Gasteiger charge is -2.28. The van der Waals surface area contributed by atoms with E-state index in [4.69, 9.17) is 16.7 Å². The van der Waals surface area contributed by atoms with Crippen molar-refractivity contribution in [2.75, 3.05) is 23.4 Å². The van der Waals surface area contributed by atoms with Gasteiger partial charge in [-0.3, -0.25) is 9.59 Å². The van der Waals surface area contributed by atoms with Gasteiger partial charge in [0.05, 0.1) is 12.3 Å². The second-order valence-electron chi connectivity index (χ2n) is 5.96. The van der Waals surface area contributed by atoms with Crippen molar-refractivity contribution in [3.63, 3.8) is 0 Å². The number of halogens is 1. The molecular weight excluding hydrogens is 352 g/mol. The van der Waals surface area contributed by atoms with E-state index in [0.717, 1.165) is 11.1 Å². The molecule has 0 unspecified atom stereocenters. The molecule has 6 heteroatoms. The number of hydrogen-bond acceptors (Lipinski definition) is 4. The number of imide groups is 1. The van der Waals surface area contributed by atoms with Crippen LogP contribution in [-0.2, 0) is 0 Å². The third-order valence-electron chi connectivity index (χ3n) is 4.42. The average Bonchev–Trinajstić information content (AvgIpc) is 2.66. The van der Waals surface area contributed by atoms with E-state index in [1.165, 1.54) is 4.90 Å². The molecule has 0 spiro atoms. The van der Waals surface area contributed by atoms with Gasteiger partial charge in [-0.05, 0) is 42.5 Å². The largest absolute Gasteiger partial charge is 0.395 e. The van der Waals surface area contributed by atoms with Crippen LogP contribution in [0.25, 0.3) is 10.8 Å². The van der Waals surface area contributed by atoms with Gasteiger partial charge in [0.2, 0.25) is 0 Å². The van der Waals surface area contributed by atoms with E-state index < -0.39 is 0 Å². The predicted molar refractivity (Wildman–Crippen MR) is 102 cm³/mol. The van der Waals surface area contributed by atoms with Gasteiger partial charge in [-0.15, -0.1) is 0 Å². The monoisotopic (exact) mass is 366 g/mol. The van der Waals surface area contributed by atoms with Crippen LogP contribution in [0.5, 0.6) is 0 Å². The standard InChI is InChI=1S/C20H15ClN2O3/c21-12-4-6-13(7-5-12)23-19(25)15-3-1-2-14-17(22-10-11-24)9-8-16(18(14)15)20(23)26/h1-9,22,24H,10-11H2. The summed E-state index contributed by atoms with van der Waals surface area (Å²) in [5.41, 5.74) is 2.20. The number of aliphatic hydroxyl groups is 1. The Kier molecular flexibility index (Phi) is 4.11. The Morgan fingerprint density at radius 2 is 1.62 bits per heavy atom. The Labute approximate surface area is 154 Å². The Morgan fingerprint density at radius 3 is 2.31 bits per heavy atom. The summed E-state index contributed by atoms with van der Waals surface area (Å²) in [6.45, 7) is 0.378. The first-order valence-corrected chi connectivity index (χ1v) is 8.54. The number of nitrogens with zero attached hydrogens (tertiary/aromatic N) is 1. The maximum atomic E-state index is 13.0. The molecule has 1 aliphatic heterocycles. The first-order chi connectivity index (χ1) is 12.6. The molecule has 0 saturated heterocycles. The first kappa shape index (κ1) is 16.6. The minimum absolute atomic E-state index is 0.00879. The molecule has 1 aliphatic rings. The number of carbonyl (C=O) groups is 2. The molecule has 0 bridgehead atoms. The van der Waals surface area contributed by atoms with E-state index in [1.807, 2.05) is 6.07 Å². The number of aliphatic hydroxyl groups excluding tert-OH is 1. The van der Waals surface area contributed by atoms with E-state index in [-0.39, 0.29) is 18.4 Å². The topological polar surface area (TPSA) is 69.6 Å². The maximum absolute atomic E-state index is 13.0. The number of carbonyl (C=O) groups excluding carboxylic acids is 2. The van der Waals surface area contributed by atoms with Gasteiger partial charge in [-0.25, -0.2) is 4.90 Å². The average molecular weight is 367 g/mol. The molecule has 3 aromatic rings. The highest BCUT2D eigenvalue weighted by Gasteiger charge is 2.34. The highest BCUT2D eigenvalue weighted by molar-refractivity contribution is 6.36. The molecule has 5 nitrogen and oxygen atoms in total. The van der Waals surface area contributed by atoms with Crippen molar-refractivity contribution in [1.29, 1.82) is 0 Å². The Hall–Kier alpha value is -2.89. The van der Waals surface area contributed by atoms with Crippen LogP contribution in [-0.4, -0.2) is 30.1 Å². The molecule has 2 N–H and O–H groups in total. The second kappa shape index (κ2) is 6.44. The van der Waals surface area contributed by atoms with Crippen LogP contribution in [0.15, 0.2) is 54.6 Å². The van der Waals surface area contributed by atoms with E-state index >= 15 is 0 Å². The van der Waals surface area contributed by atoms with Gasteiger partial charge in [0.25, 0.3) is 11.8 Å². The van der Waals surface area contributed by atoms with Gasteiger partial charge < -0.3 is 10.4 Å². The van der Waals surface area contributed by atoms with Crippen LogP contribution in [0.1, 0.15) is 20.7 Å². The summed E-state index contributed by atoms with van der Waals surface area (Å²) in [6.07, 6.45) is 0. The molecule has 1 heterocycles. The lowest BCUT2D eigenvalue weighted by Crippen LogP contribution is -2.40. The number of anilines is 2. The summed E-state index contributed by atoms with van der Waals surface area (Å²) >= 11 is 5.92. The van der Waals surface area contributed by atoms with Gasteiger partial charge in [-0.2, -0.15) is 0 Å². The minimum Gasteiger partial charge on any atom is -0.395 e. The molecule has 0 aromatic heterocycles. The van der Waals surface area contributed by atoms with Crippen molar-refractivity contribution in [1.82, 2.24) is 0 Å². The fourth-order valence-corrected chi connectivity index (χ4v) is 3.39. The maximum Gasteiger partial charge on any atom is 0.265 e. The molecule has 130 valence electrons. The van der Waals surface area contributed by atoms with Crippen molar-refractivity contribution in [3.05, 3.63) is 70.7 Å². The molecule has 0 saturated carbocycles. The summed E-state index contributed by atoms with van der Waals surface area (Å²) < 4.78 is 0. The second-order valence-corrected chi connectivity index (χ2v) is 6.40. The summed E-state index contributed by atoms with van der Waals surface area (Å²) in [4.78, 5) is 27.2. The van der Waals surface area contributed by atoms with Gasteiger partial charge in [0.15, 0.2) is 0 Å². The van der Waals surface area contributed by atoms with Crippen molar-refractivity contribution in [2.24, 2.45) is 0 Å². The number of hydrogen-bond donors (Lipinski definition) is 2. The zero-order valence-electron chi connectivity index (χ0n) is 13.7. The molecular formula is C20H15ClN2O3. The third kappa shape index (κ3) is 2.53. The summed E-state index contributed by atoms with van der Waals surface area (Å²) in [7, 11) is 0. The van der Waals surface area contributed by atoms with Crippen molar-refractivity contribution >= 4 is 45.6 Å². The van der Waals surface area contributed by atoms with Gasteiger partial charge in [0, 0.05) is 39.2 Å². The fourth-order valence-electron chi connectivity index (χ4n) is 3.27. The van der Waals surface area contributed by atoms with Crippen LogP contribution < -0.4 is 10.2 Å². The minimum atomic E-state index is -0.366. The fraction of sp³-hybridized carbons (Fsp3) is 0.100. The zero-order chi connectivity index (χ0) is 18.3. The van der Waals surface area contributed by atoms with Crippen molar-refractivity contribution < 1.29 is 14.7 Å². The molecule has 26 heavy (non-hydrogen) atoms. The van der Waals surface area contributed by atoms with E-state index in [2.05, 4.69) is 5.32 Å². The van der Waals surface area contributed by atoms with Gasteiger partial charge >= 0.3 is 0 Å². The summed E-state index contributed by atoms with van der Waals surface area (Å²) in [5.74, 6) is -0.732. The molecule has 0 fully saturated rings. The number of benzene rings is 3. The number of nitrogens with one attached hydrogen (secondary N) is 1. The molecule has 3 aromatic carbocycles. The Morgan fingerprint density at radius 1 is 0.923 bits per heavy atom. The lowest BCUT2D eigenvalue weighted by molar-refractivity contribution is 0.0893. The number of rotatable bonds is 4. The van der Waals surface area contributed by atoms with Crippen LogP contribution in [0, 0.1) is 0 Å². The normalized spacial score (nSPS) is 13.4. The summed E-state index contributed by atoms with van der Waals surface area (Å²) in [5, 5.41) is 14.1. The van der Waals surface area contributed by atoms with E-state index in [1.54, 1.807) is 48.5 Å². The first-order valence-electron chi connectivity index (χ1n) is 8.16. The SMILES string of the molecule is O=C1c2cccc3c(NCCO)ccc(c23)C(=O)N1c1ccc(Cl)cc1. The van der Waals surface area contributed by atoms with Crippen LogP contribution in [0.4, 0.5) is 11.4 Å². The molecule has 0 radical (unpaired) electrons. The zero-order valence-corrected chi connectivity index (χ0v) is 14.5. The van der Waals surface area contributed by atoms with Crippen LogP contribution >= 0.6 is 11.6 Å². The van der Waals surface area contributed by atoms with E-state index in [0.29, 0.717) is 33.8 Å². The summed E-state index contributed by atoms with van der Waals surface area (Å²) in [6, 6.07) is 15.5. The van der Waals surface area contributed by atoms with Gasteiger partial charge in [0.1, 0.15) is 0 Å². The predicted octanol–water partition coefficient (Wildman–Crippen LogP) is 3.70. The van der Waals surface area contributed by atoms with Crippen molar-refractivity contribution in [3.8, 4) is 0 Å². The quantitative estimate of drug-likeness (QED) is 0.691. The molecule has 2 amide bonds. The molecule has 4 rings (SSSR count). The molecule has 0 atom stereocenters. The lowest BCUT2D eigenvalue weighted by atomic mass is 9.92. The van der Waals surface area contributed by atoms with Crippen LogP contribution in [0.3, 0.4) is 0 Å². The van der Waals surface area contributed by atoms with Crippen molar-refractivity contribution in [2.45, 2.75) is 0 Å². The Balaban J connectivity index is 1.89. The smallest absolute Gasteiger partial charge is 0.265 e. The van der Waals surface area contributed by atoms with Crippen LogP contribution in [0.2, 0.25) is 5.02 Å². The number of amides is 2. The highest BCUT2D eigenvalue weighted by atomic mass is 35.5. The van der Waals surface area contributed by atoms with Gasteiger partial charge in [-0.1, -0.05) is 23.7 Å². The third-order valence-corrected chi connectivity index (χ3v) is 4.67. The Bertz CT molecular complexity index is 1010. The molecule has 0 aliphatic carbocycles. The highest BCUT2D eigenvalue weighted by Crippen LogP contribution is 2.36. The van der Waals surface area contributed by atoms with E-state index in [9.17, 15) is 9.59 Å².